The molecule has 0 atom stereocenters. The smallest absolute Gasteiger partial charge is 0.244 e. The van der Waals surface area contributed by atoms with Gasteiger partial charge in [-0.05, 0) is 32.3 Å². The van der Waals surface area contributed by atoms with E-state index in [1.165, 1.54) is 6.08 Å². The maximum Gasteiger partial charge on any atom is 0.244 e. The van der Waals surface area contributed by atoms with E-state index in [1.54, 1.807) is 13.0 Å². The molecule has 12 heavy (non-hydrogen) atoms. The highest BCUT2D eigenvalue weighted by Gasteiger charge is 2.37. The Morgan fingerprint density at radius 1 is 1.67 bits per heavy atom. The van der Waals surface area contributed by atoms with Crippen molar-refractivity contribution in [2.75, 3.05) is 0 Å². The summed E-state index contributed by atoms with van der Waals surface area (Å²) in [6, 6.07) is 2.14. The van der Waals surface area contributed by atoms with Crippen molar-refractivity contribution in [2.45, 2.75) is 31.7 Å². The fourth-order valence-corrected chi connectivity index (χ4v) is 1.22. The van der Waals surface area contributed by atoms with Crippen LogP contribution in [0.2, 0.25) is 0 Å². The number of nitriles is 1. The van der Waals surface area contributed by atoms with Crippen molar-refractivity contribution in [3.8, 4) is 6.07 Å². The van der Waals surface area contributed by atoms with Crippen LogP contribution in [0.4, 0.5) is 0 Å². The number of nitrogens with one attached hydrogen (secondary N) is 1. The van der Waals surface area contributed by atoms with E-state index in [9.17, 15) is 4.79 Å². The van der Waals surface area contributed by atoms with Crippen LogP contribution in [0.25, 0.3) is 0 Å². The van der Waals surface area contributed by atoms with Crippen molar-refractivity contribution >= 4 is 5.91 Å². The van der Waals surface area contributed by atoms with Crippen molar-refractivity contribution in [3.63, 3.8) is 0 Å². The van der Waals surface area contributed by atoms with Gasteiger partial charge in [0.1, 0.15) is 5.54 Å². The monoisotopic (exact) mass is 164 g/mol. The Kier molecular flexibility index (Phi) is 2.49. The van der Waals surface area contributed by atoms with Gasteiger partial charge in [-0.25, -0.2) is 0 Å². The van der Waals surface area contributed by atoms with Crippen molar-refractivity contribution in [3.05, 3.63) is 12.2 Å². The van der Waals surface area contributed by atoms with Gasteiger partial charge >= 0.3 is 0 Å². The predicted molar refractivity (Wildman–Crippen MR) is 45.2 cm³/mol. The topological polar surface area (TPSA) is 52.9 Å². The first-order chi connectivity index (χ1) is 5.72. The lowest BCUT2D eigenvalue weighted by Gasteiger charge is -2.35. The fourth-order valence-electron chi connectivity index (χ4n) is 1.22. The Bertz CT molecular complexity index is 246. The summed E-state index contributed by atoms with van der Waals surface area (Å²) >= 11 is 0. The molecule has 1 fully saturated rings. The standard InChI is InChI=1S/C9H12N2O/c1-2-4-8(12)11-9(7-10)5-3-6-9/h2,4H,3,5-6H2,1H3,(H,11,12). The third-order valence-corrected chi connectivity index (χ3v) is 2.10. The van der Waals surface area contributed by atoms with Gasteiger partial charge < -0.3 is 5.32 Å². The van der Waals surface area contributed by atoms with E-state index < -0.39 is 5.54 Å². The summed E-state index contributed by atoms with van der Waals surface area (Å²) in [5, 5.41) is 11.5. The third-order valence-electron chi connectivity index (χ3n) is 2.10. The Hall–Kier alpha value is -1.30. The molecule has 1 amide bonds. The highest BCUT2D eigenvalue weighted by Crippen LogP contribution is 2.30. The summed E-state index contributed by atoms with van der Waals surface area (Å²) in [6.45, 7) is 1.78. The van der Waals surface area contributed by atoms with Crippen molar-refractivity contribution in [2.24, 2.45) is 0 Å². The second kappa shape index (κ2) is 3.40. The number of hydrogen-bond donors (Lipinski definition) is 1. The minimum Gasteiger partial charge on any atom is -0.334 e. The highest BCUT2D eigenvalue weighted by molar-refractivity contribution is 5.88. The molecular formula is C9H12N2O. The van der Waals surface area contributed by atoms with Crippen molar-refractivity contribution in [1.82, 2.24) is 5.32 Å². The zero-order valence-electron chi connectivity index (χ0n) is 7.13. The zero-order chi connectivity index (χ0) is 9.03. The maximum atomic E-state index is 11.1. The quantitative estimate of drug-likeness (QED) is 0.622. The number of hydrogen-bond acceptors (Lipinski definition) is 2. The summed E-state index contributed by atoms with van der Waals surface area (Å²) in [6.07, 6.45) is 5.71. The van der Waals surface area contributed by atoms with E-state index in [0.717, 1.165) is 19.3 Å². The van der Waals surface area contributed by atoms with Gasteiger partial charge in [0.15, 0.2) is 0 Å². The van der Waals surface area contributed by atoms with Crippen LogP contribution in [0.5, 0.6) is 0 Å². The number of allylic oxidation sites excluding steroid dienone is 1. The first-order valence-electron chi connectivity index (χ1n) is 4.08. The number of amides is 1. The fraction of sp³-hybridized carbons (Fsp3) is 0.556. The van der Waals surface area contributed by atoms with Crippen LogP contribution in [0, 0.1) is 11.3 Å². The molecule has 1 aliphatic carbocycles. The molecule has 1 N–H and O–H groups in total. The SMILES string of the molecule is CC=CC(=O)NC1(C#N)CCC1. The van der Waals surface area contributed by atoms with E-state index in [-0.39, 0.29) is 5.91 Å². The number of nitrogens with zero attached hydrogens (tertiary/aromatic N) is 1. The van der Waals surface area contributed by atoms with Crippen LogP contribution >= 0.6 is 0 Å². The van der Waals surface area contributed by atoms with E-state index in [4.69, 9.17) is 5.26 Å². The first-order valence-corrected chi connectivity index (χ1v) is 4.08. The Morgan fingerprint density at radius 3 is 2.67 bits per heavy atom. The van der Waals surface area contributed by atoms with Crippen LogP contribution in [-0.4, -0.2) is 11.4 Å². The van der Waals surface area contributed by atoms with Crippen LogP contribution in [0.3, 0.4) is 0 Å². The molecule has 1 rings (SSSR count). The van der Waals surface area contributed by atoms with Gasteiger partial charge in [-0.2, -0.15) is 5.26 Å². The molecule has 0 bridgehead atoms. The van der Waals surface area contributed by atoms with Crippen molar-refractivity contribution < 1.29 is 4.79 Å². The molecule has 0 aromatic heterocycles. The highest BCUT2D eigenvalue weighted by atomic mass is 16.1. The minimum atomic E-state index is -0.559. The Labute approximate surface area is 72.1 Å². The van der Waals surface area contributed by atoms with Crippen LogP contribution < -0.4 is 5.32 Å². The number of carbonyl (C=O) groups excluding carboxylic acids is 1. The maximum absolute atomic E-state index is 11.1. The molecule has 0 heterocycles. The van der Waals surface area contributed by atoms with Gasteiger partial charge in [-0.15, -0.1) is 0 Å². The predicted octanol–water partition coefficient (Wildman–Crippen LogP) is 1.12. The molecule has 0 radical (unpaired) electrons. The number of carbonyl (C=O) groups is 1. The Morgan fingerprint density at radius 2 is 2.33 bits per heavy atom. The molecule has 0 aliphatic heterocycles. The summed E-state index contributed by atoms with van der Waals surface area (Å²) in [4.78, 5) is 11.1. The molecular weight excluding hydrogens is 152 g/mol. The molecule has 1 aliphatic rings. The summed E-state index contributed by atoms with van der Waals surface area (Å²) in [5.74, 6) is -0.168. The van der Waals surface area contributed by atoms with Gasteiger partial charge in [-0.1, -0.05) is 6.08 Å². The number of rotatable bonds is 2. The Balaban J connectivity index is 2.50. The van der Waals surface area contributed by atoms with Gasteiger partial charge in [-0.3, -0.25) is 4.79 Å². The van der Waals surface area contributed by atoms with Gasteiger partial charge in [0.2, 0.25) is 5.91 Å². The van der Waals surface area contributed by atoms with E-state index >= 15 is 0 Å². The molecule has 0 saturated heterocycles. The normalized spacial score (nSPS) is 19.7. The van der Waals surface area contributed by atoms with Crippen LogP contribution in [-0.2, 0) is 4.79 Å². The molecule has 3 heteroatoms. The first kappa shape index (κ1) is 8.79. The average Bonchev–Trinajstić information content (AvgIpc) is 1.97. The van der Waals surface area contributed by atoms with E-state index in [2.05, 4.69) is 11.4 Å². The third kappa shape index (κ3) is 1.65. The lowest BCUT2D eigenvalue weighted by atomic mass is 9.78. The summed E-state index contributed by atoms with van der Waals surface area (Å²) in [5.41, 5.74) is -0.559. The van der Waals surface area contributed by atoms with Gasteiger partial charge in [0.25, 0.3) is 0 Å². The largest absolute Gasteiger partial charge is 0.334 e. The zero-order valence-corrected chi connectivity index (χ0v) is 7.13. The lowest BCUT2D eigenvalue weighted by Crippen LogP contribution is -2.51. The second-order valence-electron chi connectivity index (χ2n) is 3.04. The lowest BCUT2D eigenvalue weighted by molar-refractivity contribution is -0.118. The van der Waals surface area contributed by atoms with E-state index in [1.807, 2.05) is 0 Å². The molecule has 3 nitrogen and oxygen atoms in total. The molecule has 0 aromatic carbocycles. The van der Waals surface area contributed by atoms with Crippen LogP contribution in [0.1, 0.15) is 26.2 Å². The molecule has 1 saturated carbocycles. The molecule has 0 spiro atoms. The second-order valence-corrected chi connectivity index (χ2v) is 3.04. The summed E-state index contributed by atoms with van der Waals surface area (Å²) in [7, 11) is 0. The summed E-state index contributed by atoms with van der Waals surface area (Å²) < 4.78 is 0. The van der Waals surface area contributed by atoms with Gasteiger partial charge in [0, 0.05) is 0 Å². The van der Waals surface area contributed by atoms with E-state index in [0.29, 0.717) is 0 Å². The molecule has 0 aromatic rings. The van der Waals surface area contributed by atoms with Gasteiger partial charge in [0.05, 0.1) is 6.07 Å². The molecule has 0 unspecified atom stereocenters. The minimum absolute atomic E-state index is 0.168. The van der Waals surface area contributed by atoms with Crippen molar-refractivity contribution in [1.29, 1.82) is 5.26 Å². The van der Waals surface area contributed by atoms with Crippen LogP contribution in [0.15, 0.2) is 12.2 Å². The average molecular weight is 164 g/mol. The molecule has 64 valence electrons.